The van der Waals surface area contributed by atoms with E-state index in [4.69, 9.17) is 9.47 Å². The third-order valence-electron chi connectivity index (χ3n) is 6.35. The summed E-state index contributed by atoms with van der Waals surface area (Å²) in [5, 5.41) is 28.7. The Hall–Kier alpha value is -3.58. The molecule has 0 aliphatic heterocycles. The van der Waals surface area contributed by atoms with Crippen LogP contribution in [0, 0.1) is 0 Å². The quantitative estimate of drug-likeness (QED) is 0.217. The summed E-state index contributed by atoms with van der Waals surface area (Å²) in [7, 11) is 1.62. The third-order valence-corrected chi connectivity index (χ3v) is 6.35. The normalized spacial score (nSPS) is 13.3. The maximum absolute atomic E-state index is 10.8. The number of aliphatic hydroxyl groups is 2. The molecular weight excluding hydrogens is 440 g/mol. The summed E-state index contributed by atoms with van der Waals surface area (Å²) in [6, 6.07) is 26.0. The van der Waals surface area contributed by atoms with Crippen molar-refractivity contribution in [2.24, 2.45) is 0 Å². The molecule has 35 heavy (non-hydrogen) atoms. The fourth-order valence-electron chi connectivity index (χ4n) is 4.57. The predicted molar refractivity (Wildman–Crippen MR) is 140 cm³/mol. The van der Waals surface area contributed by atoms with Gasteiger partial charge in [0, 0.05) is 28.4 Å². The smallest absolute Gasteiger partial charge is 0.129 e. The van der Waals surface area contributed by atoms with E-state index in [1.165, 1.54) is 0 Å². The van der Waals surface area contributed by atoms with Crippen molar-refractivity contribution < 1.29 is 19.7 Å². The fourth-order valence-corrected chi connectivity index (χ4v) is 4.57. The Labute approximate surface area is 204 Å². The number of fused-ring (bicyclic) bond motifs is 4. The van der Waals surface area contributed by atoms with E-state index < -0.39 is 12.2 Å². The molecule has 0 spiro atoms. The molecule has 5 aromatic rings. The second kappa shape index (κ2) is 10.4. The van der Waals surface area contributed by atoms with Crippen molar-refractivity contribution in [2.45, 2.75) is 18.6 Å². The maximum atomic E-state index is 10.8. The summed E-state index contributed by atoms with van der Waals surface area (Å²) in [5.74, 6) is 1.42. The molecule has 0 aliphatic rings. The van der Waals surface area contributed by atoms with Gasteiger partial charge in [-0.25, -0.2) is 0 Å². The molecule has 1 heterocycles. The number of hydrogen-bond donors (Lipinski definition) is 4. The van der Waals surface area contributed by atoms with Crippen molar-refractivity contribution >= 4 is 32.6 Å². The monoisotopic (exact) mass is 470 g/mol. The Kier molecular flexibility index (Phi) is 6.86. The van der Waals surface area contributed by atoms with E-state index in [-0.39, 0.29) is 6.61 Å². The van der Waals surface area contributed by atoms with Gasteiger partial charge in [0.15, 0.2) is 0 Å². The van der Waals surface area contributed by atoms with Gasteiger partial charge in [-0.05, 0) is 54.1 Å². The van der Waals surface area contributed by atoms with Gasteiger partial charge in [-0.3, -0.25) is 0 Å². The second-order valence-corrected chi connectivity index (χ2v) is 8.76. The molecule has 2 atom stereocenters. The van der Waals surface area contributed by atoms with Crippen LogP contribution in [0.5, 0.6) is 11.5 Å². The summed E-state index contributed by atoms with van der Waals surface area (Å²) < 4.78 is 11.5. The number of benzene rings is 4. The number of methoxy groups -OCH3 is 1. The molecule has 0 fully saturated rings. The highest BCUT2D eigenvalue weighted by atomic mass is 16.5. The minimum atomic E-state index is -0.678. The first kappa shape index (κ1) is 23.2. The van der Waals surface area contributed by atoms with Crippen LogP contribution < -0.4 is 14.8 Å². The van der Waals surface area contributed by atoms with Gasteiger partial charge in [0.2, 0.25) is 0 Å². The number of rotatable bonds is 10. The van der Waals surface area contributed by atoms with Crippen molar-refractivity contribution in [2.75, 3.05) is 26.8 Å². The average molecular weight is 471 g/mol. The molecule has 2 unspecified atom stereocenters. The topological polar surface area (TPSA) is 86.7 Å². The Morgan fingerprint density at radius 2 is 1.60 bits per heavy atom. The van der Waals surface area contributed by atoms with Crippen LogP contribution in [0.4, 0.5) is 0 Å². The minimum Gasteiger partial charge on any atom is -0.496 e. The highest BCUT2D eigenvalue weighted by Gasteiger charge is 2.15. The lowest BCUT2D eigenvalue weighted by molar-refractivity contribution is 0.104. The molecule has 0 bridgehead atoms. The Morgan fingerprint density at radius 3 is 2.43 bits per heavy atom. The van der Waals surface area contributed by atoms with E-state index >= 15 is 0 Å². The van der Waals surface area contributed by atoms with E-state index in [1.54, 1.807) is 7.11 Å². The lowest BCUT2D eigenvalue weighted by atomic mass is 10.0. The first-order chi connectivity index (χ1) is 17.1. The van der Waals surface area contributed by atoms with Gasteiger partial charge in [0.1, 0.15) is 24.2 Å². The van der Waals surface area contributed by atoms with Gasteiger partial charge in [-0.1, -0.05) is 48.5 Å². The third kappa shape index (κ3) is 4.95. The van der Waals surface area contributed by atoms with Crippen molar-refractivity contribution in [1.29, 1.82) is 0 Å². The van der Waals surface area contributed by atoms with E-state index in [9.17, 15) is 10.2 Å². The molecule has 4 aromatic carbocycles. The van der Waals surface area contributed by atoms with Crippen LogP contribution in [0.1, 0.15) is 18.1 Å². The Balaban J connectivity index is 1.14. The molecule has 4 N–H and O–H groups in total. The SMILES string of the molecule is COc1cc2ccccc2cc1C(O)CCNCC(O)COc1cccc2[nH]c3ccccc3c12. The summed E-state index contributed by atoms with van der Waals surface area (Å²) in [4.78, 5) is 3.40. The Morgan fingerprint density at radius 1 is 0.857 bits per heavy atom. The number of ether oxygens (including phenoxy) is 2. The first-order valence-corrected chi connectivity index (χ1v) is 11.9. The molecule has 6 heteroatoms. The maximum Gasteiger partial charge on any atom is 0.129 e. The summed E-state index contributed by atoms with van der Waals surface area (Å²) in [6.45, 7) is 1.09. The summed E-state index contributed by atoms with van der Waals surface area (Å²) in [6.07, 6.45) is -0.852. The highest BCUT2D eigenvalue weighted by Crippen LogP contribution is 2.33. The highest BCUT2D eigenvalue weighted by molar-refractivity contribution is 6.10. The van der Waals surface area contributed by atoms with Crippen LogP contribution >= 0.6 is 0 Å². The molecule has 5 rings (SSSR count). The number of aromatic nitrogens is 1. The van der Waals surface area contributed by atoms with Crippen molar-refractivity contribution in [3.63, 3.8) is 0 Å². The predicted octanol–water partition coefficient (Wildman–Crippen LogP) is 4.94. The van der Waals surface area contributed by atoms with E-state index in [1.807, 2.05) is 72.8 Å². The number of nitrogens with one attached hydrogen (secondary N) is 2. The molecular formula is C29H30N2O4. The van der Waals surface area contributed by atoms with Crippen molar-refractivity contribution in [1.82, 2.24) is 10.3 Å². The Bertz CT molecular complexity index is 1450. The fraction of sp³-hybridized carbons (Fsp3) is 0.241. The molecule has 0 radical (unpaired) electrons. The molecule has 1 aromatic heterocycles. The van der Waals surface area contributed by atoms with Gasteiger partial charge in [-0.15, -0.1) is 0 Å². The van der Waals surface area contributed by atoms with Gasteiger partial charge >= 0.3 is 0 Å². The average Bonchev–Trinajstić information content (AvgIpc) is 3.28. The van der Waals surface area contributed by atoms with Crippen LogP contribution in [0.2, 0.25) is 0 Å². The molecule has 0 aliphatic carbocycles. The zero-order chi connectivity index (χ0) is 24.2. The number of aliphatic hydroxyl groups excluding tert-OH is 2. The van der Waals surface area contributed by atoms with Crippen LogP contribution in [-0.2, 0) is 0 Å². The molecule has 0 amide bonds. The lowest BCUT2D eigenvalue weighted by Gasteiger charge is -2.17. The largest absolute Gasteiger partial charge is 0.496 e. The summed E-state index contributed by atoms with van der Waals surface area (Å²) in [5.41, 5.74) is 2.83. The molecule has 180 valence electrons. The van der Waals surface area contributed by atoms with E-state index in [0.717, 1.165) is 43.9 Å². The van der Waals surface area contributed by atoms with Gasteiger partial charge < -0.3 is 30.0 Å². The molecule has 0 saturated carbocycles. The van der Waals surface area contributed by atoms with Crippen LogP contribution in [0.15, 0.2) is 78.9 Å². The first-order valence-electron chi connectivity index (χ1n) is 11.9. The standard InChI is InChI=1S/C29H30N2O4/c1-34-28-16-20-8-3-2-7-19(20)15-23(28)26(33)13-14-30-17-21(32)18-35-27-12-6-11-25-29(27)22-9-4-5-10-24(22)31-25/h2-12,15-16,21,26,30-33H,13-14,17-18H2,1H3. The van der Waals surface area contributed by atoms with Crippen LogP contribution in [0.3, 0.4) is 0 Å². The number of H-pyrrole nitrogens is 1. The van der Waals surface area contributed by atoms with Crippen molar-refractivity contribution in [3.05, 3.63) is 84.4 Å². The zero-order valence-electron chi connectivity index (χ0n) is 19.7. The van der Waals surface area contributed by atoms with E-state index in [0.29, 0.717) is 25.3 Å². The number of hydrogen-bond acceptors (Lipinski definition) is 5. The van der Waals surface area contributed by atoms with Crippen LogP contribution in [0.25, 0.3) is 32.6 Å². The molecule has 0 saturated heterocycles. The van der Waals surface area contributed by atoms with Gasteiger partial charge in [0.05, 0.1) is 18.7 Å². The second-order valence-electron chi connectivity index (χ2n) is 8.76. The minimum absolute atomic E-state index is 0.173. The zero-order valence-corrected chi connectivity index (χ0v) is 19.7. The van der Waals surface area contributed by atoms with E-state index in [2.05, 4.69) is 16.4 Å². The van der Waals surface area contributed by atoms with Gasteiger partial charge in [-0.2, -0.15) is 0 Å². The molecule has 6 nitrogen and oxygen atoms in total. The lowest BCUT2D eigenvalue weighted by Crippen LogP contribution is -2.32. The van der Waals surface area contributed by atoms with Gasteiger partial charge in [0.25, 0.3) is 0 Å². The number of aromatic amines is 1. The number of para-hydroxylation sites is 1. The van der Waals surface area contributed by atoms with Crippen molar-refractivity contribution in [3.8, 4) is 11.5 Å². The summed E-state index contributed by atoms with van der Waals surface area (Å²) >= 11 is 0. The van der Waals surface area contributed by atoms with Crippen LogP contribution in [-0.4, -0.2) is 48.1 Å².